The molecule has 44 heavy (non-hydrogen) atoms. The highest BCUT2D eigenvalue weighted by molar-refractivity contribution is 6.29. The summed E-state index contributed by atoms with van der Waals surface area (Å²) in [5.74, 6) is 0. The van der Waals surface area contributed by atoms with Gasteiger partial charge < -0.3 is 0 Å². The van der Waals surface area contributed by atoms with E-state index >= 15 is 0 Å². The Morgan fingerprint density at radius 2 is 0.727 bits per heavy atom. The van der Waals surface area contributed by atoms with Crippen LogP contribution in [0.4, 0.5) is 0 Å². The Labute approximate surface area is 257 Å². The molecule has 0 atom stereocenters. The lowest BCUT2D eigenvalue weighted by atomic mass is 9.82. The van der Waals surface area contributed by atoms with Crippen LogP contribution in [0, 0.1) is 0 Å². The molecule has 1 aliphatic rings. The molecule has 0 aromatic heterocycles. The maximum Gasteiger partial charge on any atom is -0.000741 e. The van der Waals surface area contributed by atoms with Crippen LogP contribution in [0.25, 0.3) is 88.3 Å². The van der Waals surface area contributed by atoms with E-state index in [0.717, 1.165) is 0 Å². The zero-order valence-electron chi connectivity index (χ0n) is 24.2. The molecule has 1 aliphatic carbocycles. The summed E-state index contributed by atoms with van der Waals surface area (Å²) in [5, 5.41) is 5.20. The van der Waals surface area contributed by atoms with Gasteiger partial charge in [0.1, 0.15) is 0 Å². The SMILES string of the molecule is c1ccc(-c2ccc3c(-c4ccccc4)c4c(c(-c5ccccc5)c3c2)-c2ccc(-c3ccccc3)c3cccc-4c23)cc1. The van der Waals surface area contributed by atoms with E-state index in [4.69, 9.17) is 0 Å². The van der Waals surface area contributed by atoms with E-state index < -0.39 is 0 Å². The van der Waals surface area contributed by atoms with Gasteiger partial charge in [0.05, 0.1) is 0 Å². The highest BCUT2D eigenvalue weighted by atomic mass is 14.3. The van der Waals surface area contributed by atoms with E-state index in [1.807, 2.05) is 0 Å². The van der Waals surface area contributed by atoms with E-state index in [1.165, 1.54) is 88.3 Å². The predicted octanol–water partition coefficient (Wildman–Crippen LogP) is 12.3. The largest absolute Gasteiger partial charge is 0.0622 e. The molecule has 0 saturated heterocycles. The van der Waals surface area contributed by atoms with E-state index in [2.05, 4.69) is 170 Å². The lowest BCUT2D eigenvalue weighted by molar-refractivity contribution is 1.61. The minimum atomic E-state index is 1.23. The maximum atomic E-state index is 2.41. The van der Waals surface area contributed by atoms with Crippen molar-refractivity contribution in [2.75, 3.05) is 0 Å². The average Bonchev–Trinajstić information content (AvgIpc) is 3.43. The average molecular weight is 557 g/mol. The van der Waals surface area contributed by atoms with Gasteiger partial charge in [0.15, 0.2) is 0 Å². The summed E-state index contributed by atoms with van der Waals surface area (Å²) in [6.45, 7) is 0. The molecule has 9 rings (SSSR count). The van der Waals surface area contributed by atoms with Gasteiger partial charge in [-0.05, 0) is 94.4 Å². The molecule has 0 fully saturated rings. The Morgan fingerprint density at radius 1 is 0.227 bits per heavy atom. The van der Waals surface area contributed by atoms with E-state index in [-0.39, 0.29) is 0 Å². The van der Waals surface area contributed by atoms with Crippen molar-refractivity contribution in [3.05, 3.63) is 170 Å². The fourth-order valence-electron chi connectivity index (χ4n) is 7.34. The van der Waals surface area contributed by atoms with E-state index in [9.17, 15) is 0 Å². The van der Waals surface area contributed by atoms with E-state index in [0.29, 0.717) is 0 Å². The molecular weight excluding hydrogens is 528 g/mol. The van der Waals surface area contributed by atoms with Gasteiger partial charge in [-0.1, -0.05) is 164 Å². The number of hydrogen-bond acceptors (Lipinski definition) is 0. The van der Waals surface area contributed by atoms with E-state index in [1.54, 1.807) is 0 Å². The second-order valence-corrected chi connectivity index (χ2v) is 11.6. The van der Waals surface area contributed by atoms with Crippen molar-refractivity contribution < 1.29 is 0 Å². The molecule has 0 amide bonds. The van der Waals surface area contributed by atoms with Gasteiger partial charge in [0, 0.05) is 0 Å². The lowest BCUT2D eigenvalue weighted by Crippen LogP contribution is -1.94. The van der Waals surface area contributed by atoms with Crippen LogP contribution < -0.4 is 0 Å². The highest BCUT2D eigenvalue weighted by Crippen LogP contribution is 2.58. The number of rotatable bonds is 4. The van der Waals surface area contributed by atoms with Crippen molar-refractivity contribution in [1.29, 1.82) is 0 Å². The smallest absolute Gasteiger partial charge is 0.000741 e. The summed E-state index contributed by atoms with van der Waals surface area (Å²) >= 11 is 0. The first-order valence-electron chi connectivity index (χ1n) is 15.3. The number of hydrogen-bond donors (Lipinski definition) is 0. The van der Waals surface area contributed by atoms with Gasteiger partial charge in [-0.15, -0.1) is 0 Å². The van der Waals surface area contributed by atoms with Crippen LogP contribution in [-0.2, 0) is 0 Å². The van der Waals surface area contributed by atoms with Crippen molar-refractivity contribution in [2.24, 2.45) is 0 Å². The summed E-state index contributed by atoms with van der Waals surface area (Å²) in [6.07, 6.45) is 0. The Kier molecular flexibility index (Phi) is 5.61. The monoisotopic (exact) mass is 556 g/mol. The Hall–Kier alpha value is -5.72. The molecule has 0 N–H and O–H groups in total. The van der Waals surface area contributed by atoms with Gasteiger partial charge in [-0.3, -0.25) is 0 Å². The van der Waals surface area contributed by atoms with Gasteiger partial charge in [-0.25, -0.2) is 0 Å². The van der Waals surface area contributed by atoms with Gasteiger partial charge in [-0.2, -0.15) is 0 Å². The normalized spacial score (nSPS) is 11.6. The Bertz CT molecular complexity index is 2330. The molecular formula is C44H28. The molecule has 0 heterocycles. The third-order valence-electron chi connectivity index (χ3n) is 9.20. The molecule has 0 saturated carbocycles. The van der Waals surface area contributed by atoms with Crippen molar-refractivity contribution in [1.82, 2.24) is 0 Å². The van der Waals surface area contributed by atoms with Gasteiger partial charge in [0.25, 0.3) is 0 Å². The van der Waals surface area contributed by atoms with Crippen molar-refractivity contribution in [3.63, 3.8) is 0 Å². The van der Waals surface area contributed by atoms with Crippen molar-refractivity contribution >= 4 is 21.5 Å². The zero-order chi connectivity index (χ0) is 29.0. The topological polar surface area (TPSA) is 0 Å². The summed E-state index contributed by atoms with van der Waals surface area (Å²) in [5.41, 5.74) is 15.4. The van der Waals surface area contributed by atoms with Crippen molar-refractivity contribution in [3.8, 4) is 66.8 Å². The zero-order valence-corrected chi connectivity index (χ0v) is 24.2. The predicted molar refractivity (Wildman–Crippen MR) is 188 cm³/mol. The quantitative estimate of drug-likeness (QED) is 0.202. The fourth-order valence-corrected chi connectivity index (χ4v) is 7.34. The lowest BCUT2D eigenvalue weighted by Gasteiger charge is -2.21. The van der Waals surface area contributed by atoms with Crippen molar-refractivity contribution in [2.45, 2.75) is 0 Å². The first-order valence-corrected chi connectivity index (χ1v) is 15.3. The third-order valence-corrected chi connectivity index (χ3v) is 9.20. The Balaban J connectivity index is 1.48. The molecule has 204 valence electrons. The van der Waals surface area contributed by atoms with Crippen LogP contribution >= 0.6 is 0 Å². The molecule has 0 spiro atoms. The van der Waals surface area contributed by atoms with Gasteiger partial charge in [0.2, 0.25) is 0 Å². The fraction of sp³-hybridized carbons (Fsp3) is 0. The molecule has 0 radical (unpaired) electrons. The molecule has 0 unspecified atom stereocenters. The molecule has 8 aromatic rings. The molecule has 0 nitrogen and oxygen atoms in total. The minimum Gasteiger partial charge on any atom is -0.0622 e. The van der Waals surface area contributed by atoms with Crippen LogP contribution in [0.2, 0.25) is 0 Å². The maximum absolute atomic E-state index is 2.41. The summed E-state index contributed by atoms with van der Waals surface area (Å²) in [4.78, 5) is 0. The Morgan fingerprint density at radius 3 is 1.34 bits per heavy atom. The second-order valence-electron chi connectivity index (χ2n) is 11.6. The van der Waals surface area contributed by atoms with Crippen LogP contribution in [0.5, 0.6) is 0 Å². The van der Waals surface area contributed by atoms with Gasteiger partial charge >= 0.3 is 0 Å². The van der Waals surface area contributed by atoms with Crippen LogP contribution in [-0.4, -0.2) is 0 Å². The number of fused-ring (bicyclic) bond motifs is 4. The summed E-state index contributed by atoms with van der Waals surface area (Å²) < 4.78 is 0. The molecule has 0 aliphatic heterocycles. The minimum absolute atomic E-state index is 1.23. The first kappa shape index (κ1) is 24.8. The first-order chi connectivity index (χ1) is 21.9. The highest BCUT2D eigenvalue weighted by Gasteiger charge is 2.31. The second kappa shape index (κ2) is 9.93. The molecule has 8 aromatic carbocycles. The summed E-state index contributed by atoms with van der Waals surface area (Å²) in [6, 6.07) is 62.1. The summed E-state index contributed by atoms with van der Waals surface area (Å²) in [7, 11) is 0. The third kappa shape index (κ3) is 3.71. The van der Waals surface area contributed by atoms with Crippen LogP contribution in [0.3, 0.4) is 0 Å². The molecule has 0 heteroatoms. The van der Waals surface area contributed by atoms with Crippen LogP contribution in [0.1, 0.15) is 0 Å². The number of benzene rings is 8. The molecule has 0 bridgehead atoms. The van der Waals surface area contributed by atoms with Crippen LogP contribution in [0.15, 0.2) is 170 Å². The standard InChI is InChI=1S/C44H28/c1-5-14-29(15-6-1)33-24-25-36-39(28-33)41(32-20-11-4-12-21-32)44-38-27-26-34(30-16-7-2-8-17-30)35-22-13-23-37(42(35)38)43(44)40(36)31-18-9-3-10-19-31/h1-28H.